The van der Waals surface area contributed by atoms with Crippen molar-refractivity contribution in [3.05, 3.63) is 35.2 Å². The highest BCUT2D eigenvalue weighted by Gasteiger charge is 2.07. The standard InChI is InChI=1S/C9H7ClFN/c1-12-5-4-6-2-3-7(10)8(11)9(6)12/h2-5H,1H3. The quantitative estimate of drug-likeness (QED) is 0.592. The fraction of sp³-hybridized carbons (Fsp3) is 0.111. The summed E-state index contributed by atoms with van der Waals surface area (Å²) in [4.78, 5) is 0. The highest BCUT2D eigenvalue weighted by Crippen LogP contribution is 2.24. The van der Waals surface area contributed by atoms with E-state index in [1.165, 1.54) is 0 Å². The van der Waals surface area contributed by atoms with E-state index in [9.17, 15) is 4.39 Å². The Labute approximate surface area is 74.4 Å². The molecule has 0 fully saturated rings. The van der Waals surface area contributed by atoms with Gasteiger partial charge in [-0.3, -0.25) is 0 Å². The summed E-state index contributed by atoms with van der Waals surface area (Å²) in [5.74, 6) is -0.346. The Kier molecular flexibility index (Phi) is 1.58. The summed E-state index contributed by atoms with van der Waals surface area (Å²) in [6, 6.07) is 5.23. The van der Waals surface area contributed by atoms with E-state index in [-0.39, 0.29) is 10.8 Å². The first-order valence-electron chi connectivity index (χ1n) is 3.59. The number of fused-ring (bicyclic) bond motifs is 1. The molecule has 1 aromatic heterocycles. The van der Waals surface area contributed by atoms with E-state index in [0.717, 1.165) is 5.39 Å². The van der Waals surface area contributed by atoms with Crippen molar-refractivity contribution in [2.45, 2.75) is 0 Å². The molecule has 3 heteroatoms. The molecule has 62 valence electrons. The highest BCUT2D eigenvalue weighted by molar-refractivity contribution is 6.31. The number of aryl methyl sites for hydroxylation is 1. The van der Waals surface area contributed by atoms with Gasteiger partial charge < -0.3 is 4.57 Å². The SMILES string of the molecule is Cn1ccc2ccc(Cl)c(F)c21. The van der Waals surface area contributed by atoms with E-state index in [4.69, 9.17) is 11.6 Å². The van der Waals surface area contributed by atoms with Crippen LogP contribution in [0.2, 0.25) is 5.02 Å². The number of hydrogen-bond acceptors (Lipinski definition) is 0. The van der Waals surface area contributed by atoms with Crippen molar-refractivity contribution in [1.82, 2.24) is 4.57 Å². The van der Waals surface area contributed by atoms with Crippen LogP contribution in [0.4, 0.5) is 4.39 Å². The Hall–Kier alpha value is -1.02. The molecule has 0 atom stereocenters. The molecule has 0 bridgehead atoms. The molecule has 0 saturated heterocycles. The summed E-state index contributed by atoms with van der Waals surface area (Å²) >= 11 is 5.63. The second-order valence-electron chi connectivity index (χ2n) is 2.73. The van der Waals surface area contributed by atoms with Gasteiger partial charge in [0.05, 0.1) is 10.5 Å². The number of nitrogens with zero attached hydrogens (tertiary/aromatic N) is 1. The molecule has 0 spiro atoms. The lowest BCUT2D eigenvalue weighted by Crippen LogP contribution is -1.88. The van der Waals surface area contributed by atoms with Gasteiger partial charge in [0.1, 0.15) is 0 Å². The predicted octanol–water partition coefficient (Wildman–Crippen LogP) is 2.97. The molecule has 0 aliphatic rings. The van der Waals surface area contributed by atoms with Gasteiger partial charge in [-0.15, -0.1) is 0 Å². The minimum atomic E-state index is -0.346. The van der Waals surface area contributed by atoms with Gasteiger partial charge in [0.25, 0.3) is 0 Å². The molecule has 2 aromatic rings. The van der Waals surface area contributed by atoms with Crippen LogP contribution in [0.15, 0.2) is 24.4 Å². The zero-order valence-electron chi connectivity index (χ0n) is 6.51. The van der Waals surface area contributed by atoms with Crippen LogP contribution in [0.25, 0.3) is 10.9 Å². The number of hydrogen-bond donors (Lipinski definition) is 0. The molecule has 1 heterocycles. The van der Waals surface area contributed by atoms with Crippen LogP contribution in [0.1, 0.15) is 0 Å². The van der Waals surface area contributed by atoms with Crippen molar-refractivity contribution in [1.29, 1.82) is 0 Å². The van der Waals surface area contributed by atoms with Gasteiger partial charge in [-0.05, 0) is 12.1 Å². The lowest BCUT2D eigenvalue weighted by atomic mass is 10.2. The Morgan fingerprint density at radius 2 is 2.08 bits per heavy atom. The molecule has 0 radical (unpaired) electrons. The lowest BCUT2D eigenvalue weighted by molar-refractivity contribution is 0.632. The molecule has 0 unspecified atom stereocenters. The monoisotopic (exact) mass is 183 g/mol. The van der Waals surface area contributed by atoms with Gasteiger partial charge in [0, 0.05) is 18.6 Å². The number of halogens is 2. The number of aromatic nitrogens is 1. The third kappa shape index (κ3) is 0.916. The van der Waals surface area contributed by atoms with E-state index in [1.807, 2.05) is 12.3 Å². The van der Waals surface area contributed by atoms with Gasteiger partial charge in [-0.2, -0.15) is 0 Å². The van der Waals surface area contributed by atoms with E-state index in [1.54, 1.807) is 23.7 Å². The molecule has 0 aliphatic heterocycles. The van der Waals surface area contributed by atoms with Crippen molar-refractivity contribution >= 4 is 22.5 Å². The Morgan fingerprint density at radius 1 is 1.33 bits per heavy atom. The molecule has 1 nitrogen and oxygen atoms in total. The third-order valence-corrected chi connectivity index (χ3v) is 2.22. The topological polar surface area (TPSA) is 4.93 Å². The van der Waals surface area contributed by atoms with Crippen LogP contribution >= 0.6 is 11.6 Å². The lowest BCUT2D eigenvalue weighted by Gasteiger charge is -1.99. The largest absolute Gasteiger partial charge is 0.348 e. The second-order valence-corrected chi connectivity index (χ2v) is 3.13. The average molecular weight is 184 g/mol. The molecule has 0 saturated carbocycles. The first kappa shape index (κ1) is 7.62. The van der Waals surface area contributed by atoms with Crippen LogP contribution in [-0.2, 0) is 7.05 Å². The van der Waals surface area contributed by atoms with Gasteiger partial charge in [0.2, 0.25) is 0 Å². The van der Waals surface area contributed by atoms with Gasteiger partial charge in [-0.25, -0.2) is 4.39 Å². The van der Waals surface area contributed by atoms with E-state index in [0.29, 0.717) is 5.52 Å². The maximum atomic E-state index is 13.3. The molecular formula is C9H7ClFN. The smallest absolute Gasteiger partial charge is 0.165 e. The Morgan fingerprint density at radius 3 is 2.83 bits per heavy atom. The molecule has 12 heavy (non-hydrogen) atoms. The van der Waals surface area contributed by atoms with Gasteiger partial charge in [0.15, 0.2) is 5.82 Å². The molecule has 2 rings (SSSR count). The van der Waals surface area contributed by atoms with Crippen LogP contribution in [0, 0.1) is 5.82 Å². The van der Waals surface area contributed by atoms with Gasteiger partial charge >= 0.3 is 0 Å². The van der Waals surface area contributed by atoms with E-state index < -0.39 is 0 Å². The summed E-state index contributed by atoms with van der Waals surface area (Å²) in [6.45, 7) is 0. The molecule has 1 aromatic carbocycles. The van der Waals surface area contributed by atoms with Crippen molar-refractivity contribution < 1.29 is 4.39 Å². The fourth-order valence-electron chi connectivity index (χ4n) is 1.31. The van der Waals surface area contributed by atoms with Crippen molar-refractivity contribution in [3.8, 4) is 0 Å². The summed E-state index contributed by atoms with van der Waals surface area (Å²) in [5, 5.41) is 1.05. The zero-order chi connectivity index (χ0) is 8.72. The summed E-state index contributed by atoms with van der Waals surface area (Å²) in [6.07, 6.45) is 1.81. The van der Waals surface area contributed by atoms with Crippen LogP contribution < -0.4 is 0 Å². The first-order valence-corrected chi connectivity index (χ1v) is 3.97. The minimum Gasteiger partial charge on any atom is -0.348 e. The average Bonchev–Trinajstić information content (AvgIpc) is 2.41. The molecule has 0 aliphatic carbocycles. The highest BCUT2D eigenvalue weighted by atomic mass is 35.5. The Bertz CT molecular complexity index is 433. The van der Waals surface area contributed by atoms with E-state index in [2.05, 4.69) is 0 Å². The van der Waals surface area contributed by atoms with Crippen LogP contribution in [0.5, 0.6) is 0 Å². The third-order valence-electron chi connectivity index (χ3n) is 1.93. The van der Waals surface area contributed by atoms with Crippen molar-refractivity contribution in [2.75, 3.05) is 0 Å². The normalized spacial score (nSPS) is 10.9. The molecule has 0 N–H and O–H groups in total. The minimum absolute atomic E-state index is 0.171. The molecule has 0 amide bonds. The van der Waals surface area contributed by atoms with Gasteiger partial charge in [-0.1, -0.05) is 17.7 Å². The zero-order valence-corrected chi connectivity index (χ0v) is 7.27. The number of benzene rings is 1. The van der Waals surface area contributed by atoms with Crippen molar-refractivity contribution in [2.24, 2.45) is 7.05 Å². The van der Waals surface area contributed by atoms with E-state index >= 15 is 0 Å². The van der Waals surface area contributed by atoms with Crippen LogP contribution in [0.3, 0.4) is 0 Å². The maximum Gasteiger partial charge on any atom is 0.165 e. The van der Waals surface area contributed by atoms with Crippen molar-refractivity contribution in [3.63, 3.8) is 0 Å². The van der Waals surface area contributed by atoms with Crippen LogP contribution in [-0.4, -0.2) is 4.57 Å². The maximum absolute atomic E-state index is 13.3. The first-order chi connectivity index (χ1) is 5.70. The predicted molar refractivity (Wildman–Crippen MR) is 47.9 cm³/mol. The Balaban J connectivity index is 2.96. The molecular weight excluding hydrogens is 177 g/mol. The second kappa shape index (κ2) is 2.49. The summed E-state index contributed by atoms with van der Waals surface area (Å²) in [5.41, 5.74) is 0.558. The summed E-state index contributed by atoms with van der Waals surface area (Å²) < 4.78 is 15.1. The number of rotatable bonds is 0. The summed E-state index contributed by atoms with van der Waals surface area (Å²) in [7, 11) is 1.79. The fourth-order valence-corrected chi connectivity index (χ4v) is 1.47.